The average molecular weight is 314 g/mol. The van der Waals surface area contributed by atoms with E-state index in [0.717, 1.165) is 49.8 Å². The number of hydrogen-bond donors (Lipinski definition) is 1. The molecule has 0 aliphatic heterocycles. The van der Waals surface area contributed by atoms with Crippen molar-refractivity contribution in [2.24, 2.45) is 0 Å². The molecule has 0 heterocycles. The van der Waals surface area contributed by atoms with Crippen LogP contribution in [-0.4, -0.2) is 18.1 Å². The number of carbonyl (C=O) groups excluding carboxylic acids is 1. The molecule has 0 saturated heterocycles. The Morgan fingerprint density at radius 2 is 2.04 bits per heavy atom. The Morgan fingerprint density at radius 1 is 1.35 bits per heavy atom. The van der Waals surface area contributed by atoms with Crippen molar-refractivity contribution < 1.29 is 9.53 Å². The molecule has 1 fully saturated rings. The standard InChI is InChI=1S/C19H26N2O2/c1-3-15(2)16-9-5-6-10-17(16)23-13-18(22)21-19(14-20)11-7-4-8-12-19/h5-6,9-10,15H,3-4,7-8,11-13H2,1-2H3,(H,21,22). The zero-order valence-electron chi connectivity index (χ0n) is 14.1. The van der Waals surface area contributed by atoms with E-state index in [1.807, 2.05) is 24.3 Å². The van der Waals surface area contributed by atoms with E-state index in [1.54, 1.807) is 0 Å². The summed E-state index contributed by atoms with van der Waals surface area (Å²) in [4.78, 5) is 12.2. The van der Waals surface area contributed by atoms with Crippen LogP contribution in [0.1, 0.15) is 63.9 Å². The number of carbonyl (C=O) groups is 1. The van der Waals surface area contributed by atoms with Gasteiger partial charge in [0.15, 0.2) is 6.61 Å². The minimum Gasteiger partial charge on any atom is -0.483 e. The van der Waals surface area contributed by atoms with Crippen molar-refractivity contribution >= 4 is 5.91 Å². The van der Waals surface area contributed by atoms with Crippen LogP contribution >= 0.6 is 0 Å². The number of para-hydroxylation sites is 1. The molecule has 4 nitrogen and oxygen atoms in total. The first-order valence-electron chi connectivity index (χ1n) is 8.54. The van der Waals surface area contributed by atoms with E-state index < -0.39 is 5.54 Å². The summed E-state index contributed by atoms with van der Waals surface area (Å²) in [6.07, 6.45) is 5.61. The van der Waals surface area contributed by atoms with Gasteiger partial charge >= 0.3 is 0 Å². The summed E-state index contributed by atoms with van der Waals surface area (Å²) in [5.41, 5.74) is 0.421. The Hall–Kier alpha value is -2.02. The second kappa shape index (κ2) is 8.01. The van der Waals surface area contributed by atoms with Gasteiger partial charge in [0.1, 0.15) is 11.3 Å². The summed E-state index contributed by atoms with van der Waals surface area (Å²) in [6.45, 7) is 4.24. The number of nitrogens with one attached hydrogen (secondary N) is 1. The van der Waals surface area contributed by atoms with Crippen molar-refractivity contribution in [3.05, 3.63) is 29.8 Å². The summed E-state index contributed by atoms with van der Waals surface area (Å²) in [5, 5.41) is 12.3. The molecule has 1 unspecified atom stereocenters. The number of hydrogen-bond acceptors (Lipinski definition) is 3. The van der Waals surface area contributed by atoms with E-state index in [4.69, 9.17) is 4.74 Å². The first-order chi connectivity index (χ1) is 11.1. The molecule has 1 aromatic carbocycles. The van der Waals surface area contributed by atoms with Crippen molar-refractivity contribution in [1.29, 1.82) is 5.26 Å². The van der Waals surface area contributed by atoms with E-state index in [2.05, 4.69) is 25.2 Å². The summed E-state index contributed by atoms with van der Waals surface area (Å²) in [7, 11) is 0. The maximum Gasteiger partial charge on any atom is 0.259 e. The van der Waals surface area contributed by atoms with Gasteiger partial charge in [0, 0.05) is 0 Å². The normalized spacial score (nSPS) is 17.8. The number of ether oxygens (including phenoxy) is 1. The highest BCUT2D eigenvalue weighted by atomic mass is 16.5. The Morgan fingerprint density at radius 3 is 2.70 bits per heavy atom. The molecule has 1 aromatic rings. The van der Waals surface area contributed by atoms with Gasteiger partial charge in [-0.3, -0.25) is 4.79 Å². The van der Waals surface area contributed by atoms with E-state index in [0.29, 0.717) is 5.92 Å². The van der Waals surface area contributed by atoms with Gasteiger partial charge in [-0.25, -0.2) is 0 Å². The topological polar surface area (TPSA) is 62.1 Å². The second-order valence-electron chi connectivity index (χ2n) is 6.44. The largest absolute Gasteiger partial charge is 0.483 e. The maximum absolute atomic E-state index is 12.2. The lowest BCUT2D eigenvalue weighted by Gasteiger charge is -2.31. The highest BCUT2D eigenvalue weighted by Crippen LogP contribution is 2.29. The molecule has 1 aliphatic carbocycles. The van der Waals surface area contributed by atoms with Crippen LogP contribution in [0.25, 0.3) is 0 Å². The molecule has 4 heteroatoms. The Labute approximate surface area is 138 Å². The monoisotopic (exact) mass is 314 g/mol. The van der Waals surface area contributed by atoms with Crippen LogP contribution in [0.4, 0.5) is 0 Å². The molecule has 0 bridgehead atoms. The van der Waals surface area contributed by atoms with Gasteiger partial charge in [-0.15, -0.1) is 0 Å². The van der Waals surface area contributed by atoms with Crippen LogP contribution in [-0.2, 0) is 4.79 Å². The molecular formula is C19H26N2O2. The van der Waals surface area contributed by atoms with Crippen LogP contribution in [0.5, 0.6) is 5.75 Å². The number of amides is 1. The molecule has 0 aromatic heterocycles. The fourth-order valence-corrected chi connectivity index (χ4v) is 3.11. The highest BCUT2D eigenvalue weighted by molar-refractivity contribution is 5.79. The Kier molecular flexibility index (Phi) is 6.04. The summed E-state index contributed by atoms with van der Waals surface area (Å²) in [6, 6.07) is 10.1. The lowest BCUT2D eigenvalue weighted by Crippen LogP contribution is -2.50. The minimum absolute atomic E-state index is 0.0448. The van der Waals surface area contributed by atoms with E-state index in [-0.39, 0.29) is 12.5 Å². The van der Waals surface area contributed by atoms with Crippen molar-refractivity contribution in [1.82, 2.24) is 5.32 Å². The molecule has 23 heavy (non-hydrogen) atoms. The van der Waals surface area contributed by atoms with Gasteiger partial charge in [0.25, 0.3) is 5.91 Å². The fraction of sp³-hybridized carbons (Fsp3) is 0.579. The molecule has 124 valence electrons. The smallest absolute Gasteiger partial charge is 0.259 e. The maximum atomic E-state index is 12.2. The zero-order chi connectivity index (χ0) is 16.7. The van der Waals surface area contributed by atoms with Crippen molar-refractivity contribution in [2.75, 3.05) is 6.61 Å². The first kappa shape index (κ1) is 17.3. The average Bonchev–Trinajstić information content (AvgIpc) is 2.60. The SMILES string of the molecule is CCC(C)c1ccccc1OCC(=O)NC1(C#N)CCCCC1. The lowest BCUT2D eigenvalue weighted by molar-refractivity contribution is -0.124. The van der Waals surface area contributed by atoms with E-state index in [9.17, 15) is 10.1 Å². The third kappa shape index (κ3) is 4.48. The number of rotatable bonds is 6. The predicted octanol–water partition coefficient (Wildman–Crippen LogP) is 3.92. The molecule has 1 atom stereocenters. The third-order valence-electron chi connectivity index (χ3n) is 4.72. The molecule has 0 spiro atoms. The first-order valence-corrected chi connectivity index (χ1v) is 8.54. The summed E-state index contributed by atoms with van der Waals surface area (Å²) in [5.74, 6) is 0.928. The lowest BCUT2D eigenvalue weighted by atomic mass is 9.83. The number of nitriles is 1. The molecule has 1 saturated carbocycles. The Balaban J connectivity index is 1.96. The zero-order valence-corrected chi connectivity index (χ0v) is 14.1. The molecular weight excluding hydrogens is 288 g/mol. The number of benzene rings is 1. The highest BCUT2D eigenvalue weighted by Gasteiger charge is 2.33. The second-order valence-corrected chi connectivity index (χ2v) is 6.44. The molecule has 1 amide bonds. The van der Waals surface area contributed by atoms with Crippen LogP contribution in [0.3, 0.4) is 0 Å². The van der Waals surface area contributed by atoms with Gasteiger partial charge in [-0.05, 0) is 36.8 Å². The van der Waals surface area contributed by atoms with Crippen molar-refractivity contribution in [3.8, 4) is 11.8 Å². The van der Waals surface area contributed by atoms with E-state index >= 15 is 0 Å². The molecule has 2 rings (SSSR count). The molecule has 1 N–H and O–H groups in total. The Bertz CT molecular complexity index is 571. The molecule has 1 aliphatic rings. The quantitative estimate of drug-likeness (QED) is 0.865. The minimum atomic E-state index is -0.699. The van der Waals surface area contributed by atoms with Crippen molar-refractivity contribution in [2.45, 2.75) is 63.8 Å². The third-order valence-corrected chi connectivity index (χ3v) is 4.72. The summed E-state index contributed by atoms with van der Waals surface area (Å²) >= 11 is 0. The predicted molar refractivity (Wildman–Crippen MR) is 90.2 cm³/mol. The van der Waals surface area contributed by atoms with Gasteiger partial charge in [0.05, 0.1) is 6.07 Å². The van der Waals surface area contributed by atoms with Gasteiger partial charge in [-0.2, -0.15) is 5.26 Å². The van der Waals surface area contributed by atoms with E-state index in [1.165, 1.54) is 0 Å². The number of nitrogens with zero attached hydrogens (tertiary/aromatic N) is 1. The van der Waals surface area contributed by atoms with Crippen LogP contribution in [0.15, 0.2) is 24.3 Å². The van der Waals surface area contributed by atoms with Gasteiger partial charge < -0.3 is 10.1 Å². The van der Waals surface area contributed by atoms with Gasteiger partial charge in [0.2, 0.25) is 0 Å². The van der Waals surface area contributed by atoms with Crippen LogP contribution in [0.2, 0.25) is 0 Å². The molecule has 0 radical (unpaired) electrons. The fourth-order valence-electron chi connectivity index (χ4n) is 3.11. The van der Waals surface area contributed by atoms with Gasteiger partial charge in [-0.1, -0.05) is 51.3 Å². The summed E-state index contributed by atoms with van der Waals surface area (Å²) < 4.78 is 5.73. The van der Waals surface area contributed by atoms with Crippen molar-refractivity contribution in [3.63, 3.8) is 0 Å². The van der Waals surface area contributed by atoms with Crippen LogP contribution in [0, 0.1) is 11.3 Å². The van der Waals surface area contributed by atoms with Crippen LogP contribution < -0.4 is 10.1 Å².